The number of carbonyl (C=O) groups excluding carboxylic acids is 1. The van der Waals surface area contributed by atoms with E-state index in [2.05, 4.69) is 10.6 Å². The molecular weight excluding hydrogens is 228 g/mol. The molecule has 1 aliphatic carbocycles. The van der Waals surface area contributed by atoms with Crippen LogP contribution in [0.2, 0.25) is 0 Å². The molecule has 0 saturated heterocycles. The van der Waals surface area contributed by atoms with E-state index in [1.54, 1.807) is 7.05 Å². The molecule has 0 unspecified atom stereocenters. The number of carbonyl (C=O) groups is 1. The second-order valence-corrected chi connectivity index (χ2v) is 4.01. The molecule has 1 rings (SSSR count). The van der Waals surface area contributed by atoms with Crippen molar-refractivity contribution in [3.05, 3.63) is 0 Å². The third-order valence-electron chi connectivity index (χ3n) is 2.67. The normalized spacial score (nSPS) is 16.6. The highest BCUT2D eigenvalue weighted by atomic mass is 35.5. The third-order valence-corrected chi connectivity index (χ3v) is 2.67. The molecule has 0 radical (unpaired) electrons. The molecule has 1 amide bonds. The van der Waals surface area contributed by atoms with E-state index >= 15 is 0 Å². The van der Waals surface area contributed by atoms with Crippen molar-refractivity contribution in [3.63, 3.8) is 0 Å². The number of halogens is 1. The molecule has 1 aliphatic rings. The Morgan fingerprint density at radius 2 is 2.00 bits per heavy atom. The molecule has 2 N–H and O–H groups in total. The fourth-order valence-corrected chi connectivity index (χ4v) is 1.87. The van der Waals surface area contributed by atoms with Crippen molar-refractivity contribution in [1.82, 2.24) is 10.6 Å². The Hall–Kier alpha value is -0.320. The number of rotatable bonds is 6. The molecule has 4 nitrogen and oxygen atoms in total. The van der Waals surface area contributed by atoms with E-state index in [1.807, 2.05) is 0 Å². The molecule has 16 heavy (non-hydrogen) atoms. The van der Waals surface area contributed by atoms with Gasteiger partial charge in [0.05, 0.1) is 19.3 Å². The predicted octanol–water partition coefficient (Wildman–Crippen LogP) is 1.09. The number of hydrogen-bond acceptors (Lipinski definition) is 3. The van der Waals surface area contributed by atoms with Crippen LogP contribution in [0.3, 0.4) is 0 Å². The Labute approximate surface area is 104 Å². The highest BCUT2D eigenvalue weighted by Gasteiger charge is 2.13. The van der Waals surface area contributed by atoms with Gasteiger partial charge in [0.2, 0.25) is 5.91 Å². The van der Waals surface area contributed by atoms with Crippen LogP contribution in [0.1, 0.15) is 32.1 Å². The molecular formula is C11H23ClN2O2. The van der Waals surface area contributed by atoms with Crippen LogP contribution >= 0.6 is 12.4 Å². The van der Waals surface area contributed by atoms with Crippen LogP contribution in [0.15, 0.2) is 0 Å². The zero-order valence-corrected chi connectivity index (χ0v) is 10.8. The Bertz CT molecular complexity index is 185. The lowest BCUT2D eigenvalue weighted by molar-refractivity contribution is -0.120. The average molecular weight is 251 g/mol. The topological polar surface area (TPSA) is 50.4 Å². The summed E-state index contributed by atoms with van der Waals surface area (Å²) in [6.45, 7) is 1.64. The number of amides is 1. The first-order valence-corrected chi connectivity index (χ1v) is 5.86. The Balaban J connectivity index is 0.00000225. The number of ether oxygens (including phenoxy) is 1. The minimum atomic E-state index is 0. The van der Waals surface area contributed by atoms with Gasteiger partial charge in [-0.2, -0.15) is 0 Å². The summed E-state index contributed by atoms with van der Waals surface area (Å²) in [5, 5.41) is 5.60. The maximum Gasteiger partial charge on any atom is 0.234 e. The first-order chi connectivity index (χ1) is 7.33. The van der Waals surface area contributed by atoms with E-state index in [0.29, 0.717) is 25.8 Å². The first kappa shape index (κ1) is 15.7. The molecule has 0 heterocycles. The smallest absolute Gasteiger partial charge is 0.234 e. The second kappa shape index (κ2) is 9.87. The van der Waals surface area contributed by atoms with Gasteiger partial charge in [-0.3, -0.25) is 4.79 Å². The third kappa shape index (κ3) is 7.04. The van der Waals surface area contributed by atoms with Gasteiger partial charge in [-0.25, -0.2) is 0 Å². The van der Waals surface area contributed by atoms with Crippen molar-refractivity contribution in [1.29, 1.82) is 0 Å². The molecule has 96 valence electrons. The van der Waals surface area contributed by atoms with Crippen LogP contribution in [-0.4, -0.2) is 38.8 Å². The molecule has 0 bridgehead atoms. The van der Waals surface area contributed by atoms with Gasteiger partial charge in [-0.1, -0.05) is 19.3 Å². The largest absolute Gasteiger partial charge is 0.376 e. The van der Waals surface area contributed by atoms with Gasteiger partial charge in [-0.15, -0.1) is 12.4 Å². The summed E-state index contributed by atoms with van der Waals surface area (Å²) in [6.07, 6.45) is 6.72. The first-order valence-electron chi connectivity index (χ1n) is 5.86. The van der Waals surface area contributed by atoms with Crippen LogP contribution < -0.4 is 10.6 Å². The van der Waals surface area contributed by atoms with Crippen LogP contribution in [0.25, 0.3) is 0 Å². The van der Waals surface area contributed by atoms with Crippen molar-refractivity contribution >= 4 is 18.3 Å². The molecule has 0 aromatic rings. The second-order valence-electron chi connectivity index (χ2n) is 4.01. The van der Waals surface area contributed by atoms with Gasteiger partial charge in [-0.05, 0) is 19.9 Å². The number of hydrogen-bond donors (Lipinski definition) is 2. The van der Waals surface area contributed by atoms with E-state index in [9.17, 15) is 4.79 Å². The molecule has 0 spiro atoms. The van der Waals surface area contributed by atoms with Crippen molar-refractivity contribution < 1.29 is 9.53 Å². The number of likely N-dealkylation sites (N-methyl/N-ethyl adjacent to an activating group) is 1. The van der Waals surface area contributed by atoms with Gasteiger partial charge in [0, 0.05) is 6.54 Å². The van der Waals surface area contributed by atoms with Crippen molar-refractivity contribution in [2.75, 3.05) is 26.7 Å². The number of nitrogens with one attached hydrogen (secondary N) is 2. The lowest BCUT2D eigenvalue weighted by Crippen LogP contribution is -2.35. The minimum absolute atomic E-state index is 0. The monoisotopic (exact) mass is 250 g/mol. The standard InChI is InChI=1S/C11H22N2O2.ClH/c1-12-9-11(14)13-7-8-15-10-5-3-2-4-6-10;/h10,12H,2-9H2,1H3,(H,13,14);1H. The maximum atomic E-state index is 11.1. The average Bonchev–Trinajstić information content (AvgIpc) is 2.26. The van der Waals surface area contributed by atoms with E-state index in [-0.39, 0.29) is 18.3 Å². The van der Waals surface area contributed by atoms with Crippen molar-refractivity contribution in [3.8, 4) is 0 Å². The summed E-state index contributed by atoms with van der Waals surface area (Å²) in [5.74, 6) is 0.0322. The van der Waals surface area contributed by atoms with Gasteiger partial charge in [0.15, 0.2) is 0 Å². The zero-order chi connectivity index (χ0) is 10.9. The Morgan fingerprint density at radius 1 is 1.31 bits per heavy atom. The highest BCUT2D eigenvalue weighted by Crippen LogP contribution is 2.19. The Morgan fingerprint density at radius 3 is 2.62 bits per heavy atom. The molecule has 1 saturated carbocycles. The predicted molar refractivity (Wildman–Crippen MR) is 67.0 cm³/mol. The molecule has 0 aromatic carbocycles. The lowest BCUT2D eigenvalue weighted by Gasteiger charge is -2.21. The molecule has 0 aliphatic heterocycles. The SMILES string of the molecule is CNCC(=O)NCCOC1CCCCC1.Cl. The fourth-order valence-electron chi connectivity index (χ4n) is 1.87. The van der Waals surface area contributed by atoms with Gasteiger partial charge < -0.3 is 15.4 Å². The maximum absolute atomic E-state index is 11.1. The molecule has 0 atom stereocenters. The van der Waals surface area contributed by atoms with Crippen LogP contribution in [0.5, 0.6) is 0 Å². The van der Waals surface area contributed by atoms with E-state index < -0.39 is 0 Å². The lowest BCUT2D eigenvalue weighted by atomic mass is 9.98. The quantitative estimate of drug-likeness (QED) is 0.694. The van der Waals surface area contributed by atoms with Crippen molar-refractivity contribution in [2.24, 2.45) is 0 Å². The Kier molecular flexibility index (Phi) is 9.68. The molecule has 1 fully saturated rings. The van der Waals surface area contributed by atoms with E-state index in [0.717, 1.165) is 0 Å². The summed E-state index contributed by atoms with van der Waals surface area (Å²) in [4.78, 5) is 11.1. The summed E-state index contributed by atoms with van der Waals surface area (Å²) in [6, 6.07) is 0. The van der Waals surface area contributed by atoms with Gasteiger partial charge >= 0.3 is 0 Å². The van der Waals surface area contributed by atoms with Gasteiger partial charge in [0.1, 0.15) is 0 Å². The van der Waals surface area contributed by atoms with Gasteiger partial charge in [0.25, 0.3) is 0 Å². The van der Waals surface area contributed by atoms with E-state index in [4.69, 9.17) is 4.74 Å². The van der Waals surface area contributed by atoms with Crippen LogP contribution in [0.4, 0.5) is 0 Å². The molecule has 0 aromatic heterocycles. The van der Waals surface area contributed by atoms with Crippen molar-refractivity contribution in [2.45, 2.75) is 38.2 Å². The summed E-state index contributed by atoms with van der Waals surface area (Å²) in [7, 11) is 1.76. The summed E-state index contributed by atoms with van der Waals surface area (Å²) < 4.78 is 5.68. The fraction of sp³-hybridized carbons (Fsp3) is 0.909. The summed E-state index contributed by atoms with van der Waals surface area (Å²) in [5.41, 5.74) is 0. The minimum Gasteiger partial charge on any atom is -0.376 e. The molecule has 5 heteroatoms. The van der Waals surface area contributed by atoms with Crippen LogP contribution in [-0.2, 0) is 9.53 Å². The van der Waals surface area contributed by atoms with E-state index in [1.165, 1.54) is 32.1 Å². The van der Waals surface area contributed by atoms with Crippen LogP contribution in [0, 0.1) is 0 Å². The summed E-state index contributed by atoms with van der Waals surface area (Å²) >= 11 is 0. The highest BCUT2D eigenvalue weighted by molar-refractivity contribution is 5.85. The zero-order valence-electron chi connectivity index (χ0n) is 9.96.